The van der Waals surface area contributed by atoms with Gasteiger partial charge in [0.2, 0.25) is 0 Å². The van der Waals surface area contributed by atoms with Crippen molar-refractivity contribution in [2.24, 2.45) is 0 Å². The number of hydrogen-bond donors (Lipinski definition) is 0. The molecule has 1 aromatic heterocycles. The molecule has 92 valence electrons. The van der Waals surface area contributed by atoms with Crippen LogP contribution < -0.4 is 0 Å². The summed E-state index contributed by atoms with van der Waals surface area (Å²) in [6.07, 6.45) is 5.64. The van der Waals surface area contributed by atoms with Crippen molar-refractivity contribution in [3.8, 4) is 0 Å². The second-order valence-corrected chi connectivity index (χ2v) is 6.49. The third-order valence-corrected chi connectivity index (χ3v) is 5.59. The van der Waals surface area contributed by atoms with E-state index in [2.05, 4.69) is 46.0 Å². The lowest BCUT2D eigenvalue weighted by Gasteiger charge is -2.07. The van der Waals surface area contributed by atoms with E-state index in [9.17, 15) is 0 Å². The van der Waals surface area contributed by atoms with Crippen molar-refractivity contribution >= 4 is 27.7 Å². The fourth-order valence-electron chi connectivity index (χ4n) is 2.31. The molecule has 0 spiro atoms. The van der Waals surface area contributed by atoms with Crippen LogP contribution in [0.4, 0.5) is 0 Å². The lowest BCUT2D eigenvalue weighted by atomic mass is 10.1. The molecular formula is C15H14BrNS. The van der Waals surface area contributed by atoms with Gasteiger partial charge in [-0.05, 0) is 77.0 Å². The van der Waals surface area contributed by atoms with E-state index in [-0.39, 0.29) is 0 Å². The summed E-state index contributed by atoms with van der Waals surface area (Å²) < 4.78 is 1.11. The molecule has 0 aliphatic heterocycles. The smallest absolute Gasteiger partial charge is 0.115 e. The largest absolute Gasteiger partial charge is 0.248 e. The van der Waals surface area contributed by atoms with Gasteiger partial charge in [-0.3, -0.25) is 0 Å². The average Bonchev–Trinajstić information content (AvgIpc) is 2.82. The molecule has 2 aromatic rings. The summed E-state index contributed by atoms with van der Waals surface area (Å²) in [5.74, 6) is 0. The van der Waals surface area contributed by atoms with Crippen molar-refractivity contribution in [2.45, 2.75) is 36.1 Å². The number of nitrogens with zero attached hydrogens (tertiary/aromatic N) is 1. The molecule has 3 rings (SSSR count). The lowest BCUT2D eigenvalue weighted by molar-refractivity contribution is 0.911. The normalized spacial score (nSPS) is 13.7. The zero-order valence-corrected chi connectivity index (χ0v) is 12.6. The predicted molar refractivity (Wildman–Crippen MR) is 79.3 cm³/mol. The molecule has 0 saturated heterocycles. The lowest BCUT2D eigenvalue weighted by Crippen LogP contribution is -1.87. The molecule has 1 heterocycles. The number of pyridine rings is 1. The molecule has 0 amide bonds. The minimum atomic E-state index is 1.05. The van der Waals surface area contributed by atoms with Crippen molar-refractivity contribution in [3.63, 3.8) is 0 Å². The highest BCUT2D eigenvalue weighted by atomic mass is 79.9. The Balaban J connectivity index is 1.90. The van der Waals surface area contributed by atoms with Crippen LogP contribution in [-0.2, 0) is 12.8 Å². The molecule has 0 radical (unpaired) electrons. The highest BCUT2D eigenvalue weighted by Crippen LogP contribution is 2.35. The van der Waals surface area contributed by atoms with E-state index >= 15 is 0 Å². The summed E-state index contributed by atoms with van der Waals surface area (Å²) in [4.78, 5) is 5.73. The zero-order valence-electron chi connectivity index (χ0n) is 10.2. The van der Waals surface area contributed by atoms with Gasteiger partial charge in [-0.25, -0.2) is 4.98 Å². The summed E-state index contributed by atoms with van der Waals surface area (Å²) >= 11 is 5.35. The van der Waals surface area contributed by atoms with E-state index < -0.39 is 0 Å². The Labute approximate surface area is 120 Å². The first kappa shape index (κ1) is 12.2. The van der Waals surface area contributed by atoms with Crippen LogP contribution in [-0.4, -0.2) is 4.98 Å². The molecule has 1 aliphatic rings. The van der Waals surface area contributed by atoms with E-state index in [4.69, 9.17) is 0 Å². The predicted octanol–water partition coefficient (Wildman–Crippen LogP) is 4.79. The first-order valence-corrected chi connectivity index (χ1v) is 7.76. The SMILES string of the molecule is Cc1ccnc(Sc2ccc3c(c2)CCC3)c1Br. The molecule has 0 atom stereocenters. The van der Waals surface area contributed by atoms with Gasteiger partial charge in [0, 0.05) is 11.1 Å². The fourth-order valence-corrected chi connectivity index (χ4v) is 3.71. The summed E-state index contributed by atoms with van der Waals surface area (Å²) in [7, 11) is 0. The van der Waals surface area contributed by atoms with E-state index in [1.165, 1.54) is 40.8 Å². The second-order valence-electron chi connectivity index (χ2n) is 4.63. The standard InChI is InChI=1S/C15H14BrNS/c1-10-7-8-17-15(14(10)16)18-13-6-5-11-3-2-4-12(11)9-13/h5-9H,2-4H2,1H3. The Morgan fingerprint density at radius 1 is 1.17 bits per heavy atom. The molecule has 0 fully saturated rings. The van der Waals surface area contributed by atoms with Gasteiger partial charge in [-0.1, -0.05) is 17.8 Å². The fraction of sp³-hybridized carbons (Fsp3) is 0.267. The van der Waals surface area contributed by atoms with Crippen molar-refractivity contribution < 1.29 is 0 Å². The second kappa shape index (κ2) is 5.06. The number of aryl methyl sites for hydroxylation is 3. The number of hydrogen-bond acceptors (Lipinski definition) is 2. The maximum Gasteiger partial charge on any atom is 0.115 e. The Hall–Kier alpha value is -0.800. The Morgan fingerprint density at radius 2 is 2.00 bits per heavy atom. The highest BCUT2D eigenvalue weighted by Gasteiger charge is 2.12. The van der Waals surface area contributed by atoms with Gasteiger partial charge < -0.3 is 0 Å². The van der Waals surface area contributed by atoms with Crippen molar-refractivity contribution in [3.05, 3.63) is 51.6 Å². The van der Waals surface area contributed by atoms with Crippen LogP contribution in [0.2, 0.25) is 0 Å². The van der Waals surface area contributed by atoms with Crippen molar-refractivity contribution in [1.82, 2.24) is 4.98 Å². The van der Waals surface area contributed by atoms with Crippen LogP contribution in [0, 0.1) is 6.92 Å². The molecule has 1 nitrogen and oxygen atoms in total. The summed E-state index contributed by atoms with van der Waals surface area (Å²) in [5, 5.41) is 1.05. The topological polar surface area (TPSA) is 12.9 Å². The van der Waals surface area contributed by atoms with Gasteiger partial charge >= 0.3 is 0 Å². The molecule has 18 heavy (non-hydrogen) atoms. The first-order valence-electron chi connectivity index (χ1n) is 6.15. The van der Waals surface area contributed by atoms with Gasteiger partial charge in [-0.2, -0.15) is 0 Å². The number of halogens is 1. The van der Waals surface area contributed by atoms with Crippen LogP contribution in [0.5, 0.6) is 0 Å². The summed E-state index contributed by atoms with van der Waals surface area (Å²) in [5.41, 5.74) is 4.27. The van der Waals surface area contributed by atoms with Crippen LogP contribution in [0.3, 0.4) is 0 Å². The molecule has 0 N–H and O–H groups in total. The molecule has 0 saturated carbocycles. The van der Waals surface area contributed by atoms with Crippen molar-refractivity contribution in [1.29, 1.82) is 0 Å². The molecule has 0 unspecified atom stereocenters. The molecule has 0 bridgehead atoms. The molecule has 1 aliphatic carbocycles. The molecule has 3 heteroatoms. The van der Waals surface area contributed by atoms with Gasteiger partial charge in [0.25, 0.3) is 0 Å². The maximum absolute atomic E-state index is 4.44. The average molecular weight is 320 g/mol. The third-order valence-electron chi connectivity index (χ3n) is 3.33. The minimum Gasteiger partial charge on any atom is -0.248 e. The summed E-state index contributed by atoms with van der Waals surface area (Å²) in [6, 6.07) is 8.83. The van der Waals surface area contributed by atoms with Gasteiger partial charge in [0.05, 0.1) is 4.47 Å². The van der Waals surface area contributed by atoms with Crippen LogP contribution >= 0.6 is 27.7 Å². The quantitative estimate of drug-likeness (QED) is 0.789. The van der Waals surface area contributed by atoms with E-state index in [1.807, 2.05) is 12.3 Å². The minimum absolute atomic E-state index is 1.05. The molecular weight excluding hydrogens is 306 g/mol. The van der Waals surface area contributed by atoms with Crippen LogP contribution in [0.25, 0.3) is 0 Å². The number of aromatic nitrogens is 1. The van der Waals surface area contributed by atoms with E-state index in [0.717, 1.165) is 9.50 Å². The number of fused-ring (bicyclic) bond motifs is 1. The highest BCUT2D eigenvalue weighted by molar-refractivity contribution is 9.10. The number of rotatable bonds is 2. The summed E-state index contributed by atoms with van der Waals surface area (Å²) in [6.45, 7) is 2.10. The Bertz CT molecular complexity index is 595. The van der Waals surface area contributed by atoms with Gasteiger partial charge in [0.15, 0.2) is 0 Å². The Morgan fingerprint density at radius 3 is 2.89 bits per heavy atom. The van der Waals surface area contributed by atoms with Gasteiger partial charge in [0.1, 0.15) is 5.03 Å². The zero-order chi connectivity index (χ0) is 12.5. The van der Waals surface area contributed by atoms with Gasteiger partial charge in [-0.15, -0.1) is 0 Å². The monoisotopic (exact) mass is 319 g/mol. The Kier molecular flexibility index (Phi) is 3.44. The van der Waals surface area contributed by atoms with Crippen molar-refractivity contribution in [2.75, 3.05) is 0 Å². The van der Waals surface area contributed by atoms with E-state index in [1.54, 1.807) is 11.8 Å². The molecule has 1 aromatic carbocycles. The first-order chi connectivity index (χ1) is 8.74. The third kappa shape index (κ3) is 2.34. The van der Waals surface area contributed by atoms with E-state index in [0.29, 0.717) is 0 Å². The van der Waals surface area contributed by atoms with Crippen LogP contribution in [0.15, 0.2) is 44.9 Å². The number of benzene rings is 1. The van der Waals surface area contributed by atoms with Crippen LogP contribution in [0.1, 0.15) is 23.1 Å². The maximum atomic E-state index is 4.44.